The van der Waals surface area contributed by atoms with Crippen LogP contribution in [0.25, 0.3) is 11.5 Å². The maximum Gasteiger partial charge on any atom is 0.258 e. The Hall–Kier alpha value is -2.08. The molecule has 2 aliphatic heterocycles. The minimum Gasteiger partial charge on any atom is -0.454 e. The van der Waals surface area contributed by atoms with Gasteiger partial charge in [-0.2, -0.15) is 4.98 Å². The highest BCUT2D eigenvalue weighted by molar-refractivity contribution is 5.60. The number of fused-ring (bicyclic) bond motifs is 1. The first kappa shape index (κ1) is 11.7. The van der Waals surface area contributed by atoms with Gasteiger partial charge < -0.3 is 19.3 Å². The van der Waals surface area contributed by atoms with Gasteiger partial charge in [-0.3, -0.25) is 0 Å². The number of nitrogens with one attached hydrogen (secondary N) is 1. The summed E-state index contributed by atoms with van der Waals surface area (Å²) in [6, 6.07) is 5.65. The highest BCUT2D eigenvalue weighted by atomic mass is 16.7. The van der Waals surface area contributed by atoms with Crippen LogP contribution in [0, 0.1) is 0 Å². The molecule has 0 radical (unpaired) electrons. The molecule has 1 unspecified atom stereocenters. The van der Waals surface area contributed by atoms with Crippen LogP contribution in [0.15, 0.2) is 22.7 Å². The molecule has 2 aromatic rings. The van der Waals surface area contributed by atoms with Crippen LogP contribution in [0.5, 0.6) is 11.5 Å². The van der Waals surface area contributed by atoms with Crippen molar-refractivity contribution in [1.82, 2.24) is 15.5 Å². The Balaban J connectivity index is 1.61. The van der Waals surface area contributed by atoms with Gasteiger partial charge in [0.15, 0.2) is 17.3 Å². The van der Waals surface area contributed by atoms with Crippen molar-refractivity contribution in [1.29, 1.82) is 0 Å². The van der Waals surface area contributed by atoms with Crippen molar-refractivity contribution in [3.8, 4) is 23.0 Å². The average molecular weight is 273 g/mol. The topological polar surface area (TPSA) is 69.4 Å². The van der Waals surface area contributed by atoms with Gasteiger partial charge in [-0.25, -0.2) is 0 Å². The zero-order valence-corrected chi connectivity index (χ0v) is 11.0. The first-order valence-corrected chi connectivity index (χ1v) is 6.84. The molecule has 2 aliphatic rings. The number of benzene rings is 1. The number of ether oxygens (including phenoxy) is 2. The van der Waals surface area contributed by atoms with Crippen molar-refractivity contribution >= 4 is 0 Å². The van der Waals surface area contributed by atoms with Crippen LogP contribution < -0.4 is 14.8 Å². The summed E-state index contributed by atoms with van der Waals surface area (Å²) in [5.41, 5.74) is 0.858. The summed E-state index contributed by atoms with van der Waals surface area (Å²) in [7, 11) is 0. The maximum atomic E-state index is 5.38. The van der Waals surface area contributed by atoms with Crippen molar-refractivity contribution in [3.63, 3.8) is 0 Å². The lowest BCUT2D eigenvalue weighted by atomic mass is 9.99. The lowest BCUT2D eigenvalue weighted by Crippen LogP contribution is -2.28. The van der Waals surface area contributed by atoms with Gasteiger partial charge in [-0.15, -0.1) is 0 Å². The fourth-order valence-electron chi connectivity index (χ4n) is 2.62. The molecule has 20 heavy (non-hydrogen) atoms. The van der Waals surface area contributed by atoms with Crippen LogP contribution >= 0.6 is 0 Å². The summed E-state index contributed by atoms with van der Waals surface area (Å²) < 4.78 is 16.0. The summed E-state index contributed by atoms with van der Waals surface area (Å²) in [4.78, 5) is 4.52. The van der Waals surface area contributed by atoms with E-state index in [2.05, 4.69) is 15.5 Å². The van der Waals surface area contributed by atoms with Gasteiger partial charge in [0.05, 0.1) is 0 Å². The second-order valence-electron chi connectivity index (χ2n) is 5.07. The maximum absolute atomic E-state index is 5.38. The molecular formula is C14H15N3O3. The first-order valence-electron chi connectivity index (χ1n) is 6.84. The number of aromatic nitrogens is 2. The van der Waals surface area contributed by atoms with E-state index >= 15 is 0 Å². The predicted octanol–water partition coefficient (Wildman–Crippen LogP) is 1.93. The van der Waals surface area contributed by atoms with E-state index in [1.807, 2.05) is 18.2 Å². The van der Waals surface area contributed by atoms with Crippen molar-refractivity contribution in [3.05, 3.63) is 24.0 Å². The number of rotatable bonds is 2. The normalized spacial score (nSPS) is 21.1. The van der Waals surface area contributed by atoms with Crippen molar-refractivity contribution in [2.24, 2.45) is 0 Å². The molecule has 0 aliphatic carbocycles. The lowest BCUT2D eigenvalue weighted by molar-refractivity contribution is 0.174. The molecule has 0 bridgehead atoms. The van der Waals surface area contributed by atoms with E-state index in [1.165, 1.54) is 0 Å². The summed E-state index contributed by atoms with van der Waals surface area (Å²) in [5, 5.41) is 7.47. The fraction of sp³-hybridized carbons (Fsp3) is 0.429. The van der Waals surface area contributed by atoms with Crippen LogP contribution in [0.2, 0.25) is 0 Å². The van der Waals surface area contributed by atoms with Crippen molar-refractivity contribution < 1.29 is 14.0 Å². The van der Waals surface area contributed by atoms with Gasteiger partial charge in [0.2, 0.25) is 6.79 Å². The highest BCUT2D eigenvalue weighted by Crippen LogP contribution is 2.35. The molecule has 1 aromatic carbocycles. The van der Waals surface area contributed by atoms with E-state index < -0.39 is 0 Å². The molecule has 1 aromatic heterocycles. The Kier molecular flexibility index (Phi) is 2.81. The van der Waals surface area contributed by atoms with Gasteiger partial charge in [-0.05, 0) is 37.6 Å². The average Bonchev–Trinajstić information content (AvgIpc) is 3.16. The lowest BCUT2D eigenvalue weighted by Gasteiger charge is -2.19. The van der Waals surface area contributed by atoms with E-state index in [0.29, 0.717) is 11.8 Å². The fourth-order valence-corrected chi connectivity index (χ4v) is 2.62. The number of piperidine rings is 1. The molecule has 4 rings (SSSR count). The van der Waals surface area contributed by atoms with Crippen LogP contribution in [0.3, 0.4) is 0 Å². The number of nitrogens with zero attached hydrogens (tertiary/aromatic N) is 2. The second-order valence-corrected chi connectivity index (χ2v) is 5.07. The zero-order chi connectivity index (χ0) is 13.4. The molecule has 6 heteroatoms. The van der Waals surface area contributed by atoms with Crippen LogP contribution in [-0.4, -0.2) is 30.0 Å². The first-order chi connectivity index (χ1) is 9.90. The Morgan fingerprint density at radius 3 is 3.05 bits per heavy atom. The Bertz CT molecular complexity index is 620. The van der Waals surface area contributed by atoms with Crippen LogP contribution in [0.1, 0.15) is 24.6 Å². The van der Waals surface area contributed by atoms with Gasteiger partial charge in [0.1, 0.15) is 0 Å². The summed E-state index contributed by atoms with van der Waals surface area (Å²) in [6.07, 6.45) is 2.26. The molecule has 0 amide bonds. The molecule has 0 saturated carbocycles. The SMILES string of the molecule is c1cc2c(cc1-c1nc(C3CCCNC3)no1)OCO2. The van der Waals surface area contributed by atoms with Crippen LogP contribution in [-0.2, 0) is 0 Å². The summed E-state index contributed by atoms with van der Waals surface area (Å²) in [6.45, 7) is 2.26. The number of hydrogen-bond acceptors (Lipinski definition) is 6. The van der Waals surface area contributed by atoms with E-state index in [9.17, 15) is 0 Å². The predicted molar refractivity (Wildman–Crippen MR) is 70.7 cm³/mol. The smallest absolute Gasteiger partial charge is 0.258 e. The molecule has 1 fully saturated rings. The molecular weight excluding hydrogens is 258 g/mol. The van der Waals surface area contributed by atoms with Gasteiger partial charge >= 0.3 is 0 Å². The third-order valence-electron chi connectivity index (χ3n) is 3.72. The van der Waals surface area contributed by atoms with E-state index in [4.69, 9.17) is 14.0 Å². The summed E-state index contributed by atoms with van der Waals surface area (Å²) in [5.74, 6) is 3.13. The van der Waals surface area contributed by atoms with E-state index in [1.54, 1.807) is 0 Å². The Morgan fingerprint density at radius 1 is 1.20 bits per heavy atom. The highest BCUT2D eigenvalue weighted by Gasteiger charge is 2.22. The Labute approximate surface area is 116 Å². The third-order valence-corrected chi connectivity index (χ3v) is 3.72. The molecule has 3 heterocycles. The Morgan fingerprint density at radius 2 is 2.15 bits per heavy atom. The second kappa shape index (κ2) is 4.79. The van der Waals surface area contributed by atoms with Gasteiger partial charge in [-0.1, -0.05) is 5.16 Å². The third kappa shape index (κ3) is 2.02. The quantitative estimate of drug-likeness (QED) is 0.901. The minimum absolute atomic E-state index is 0.265. The minimum atomic E-state index is 0.265. The van der Waals surface area contributed by atoms with Gasteiger partial charge in [0.25, 0.3) is 5.89 Å². The standard InChI is InChI=1S/C14H15N3O3/c1-2-10(7-15-5-1)13-16-14(20-17-13)9-3-4-11-12(6-9)19-8-18-11/h3-4,6,10,15H,1-2,5,7-8H2. The molecule has 0 spiro atoms. The van der Waals surface area contributed by atoms with E-state index in [-0.39, 0.29) is 6.79 Å². The van der Waals surface area contributed by atoms with E-state index in [0.717, 1.165) is 48.8 Å². The molecule has 6 nitrogen and oxygen atoms in total. The van der Waals surface area contributed by atoms with Crippen molar-refractivity contribution in [2.45, 2.75) is 18.8 Å². The van der Waals surface area contributed by atoms with Crippen LogP contribution in [0.4, 0.5) is 0 Å². The molecule has 104 valence electrons. The molecule has 1 atom stereocenters. The van der Waals surface area contributed by atoms with Gasteiger partial charge in [0, 0.05) is 18.0 Å². The largest absolute Gasteiger partial charge is 0.454 e. The zero-order valence-electron chi connectivity index (χ0n) is 11.0. The molecule has 1 saturated heterocycles. The molecule has 1 N–H and O–H groups in total. The monoisotopic (exact) mass is 273 g/mol. The summed E-state index contributed by atoms with van der Waals surface area (Å²) >= 11 is 0. The van der Waals surface area contributed by atoms with Crippen molar-refractivity contribution in [2.75, 3.05) is 19.9 Å². The number of hydrogen-bond donors (Lipinski definition) is 1.